The van der Waals surface area contributed by atoms with Crippen molar-refractivity contribution in [3.63, 3.8) is 0 Å². The normalized spacial score (nSPS) is 22.4. The molecule has 110 valence electrons. The average molecular weight is 296 g/mol. The molecule has 1 fully saturated rings. The zero-order valence-electron chi connectivity index (χ0n) is 12.1. The van der Waals surface area contributed by atoms with Crippen LogP contribution in [0.15, 0.2) is 12.3 Å². The molecule has 1 saturated carbocycles. The molecule has 0 spiro atoms. The molecule has 1 amide bonds. The molecular weight excluding hydrogens is 274 g/mol. The molecule has 0 radical (unpaired) electrons. The standard InChI is InChI=1S/C15H22ClN3O/c1-10-5-3-4-6-11(10)8-19-15(20)12-7-13(16)14(17-2)18-9-12/h7,9-11H,3-6,8H2,1-2H3,(H,17,18)(H,19,20). The Morgan fingerprint density at radius 1 is 1.45 bits per heavy atom. The van der Waals surface area contributed by atoms with E-state index in [2.05, 4.69) is 22.5 Å². The third kappa shape index (κ3) is 3.63. The van der Waals surface area contributed by atoms with Crippen molar-refractivity contribution in [1.82, 2.24) is 10.3 Å². The topological polar surface area (TPSA) is 54.0 Å². The van der Waals surface area contributed by atoms with Crippen molar-refractivity contribution in [3.05, 3.63) is 22.8 Å². The molecular formula is C15H22ClN3O. The second-order valence-corrected chi connectivity index (χ2v) is 5.94. The molecule has 2 rings (SSSR count). The van der Waals surface area contributed by atoms with E-state index in [0.29, 0.717) is 28.2 Å². The van der Waals surface area contributed by atoms with Gasteiger partial charge in [0.05, 0.1) is 10.6 Å². The van der Waals surface area contributed by atoms with Gasteiger partial charge in [0.2, 0.25) is 0 Å². The molecule has 1 aromatic heterocycles. The Bertz CT molecular complexity index is 478. The minimum Gasteiger partial charge on any atom is -0.372 e. The van der Waals surface area contributed by atoms with Crippen LogP contribution in [0.25, 0.3) is 0 Å². The molecule has 2 N–H and O–H groups in total. The lowest BCUT2D eigenvalue weighted by atomic mass is 9.80. The number of hydrogen-bond acceptors (Lipinski definition) is 3. The fourth-order valence-electron chi connectivity index (χ4n) is 2.77. The number of carbonyl (C=O) groups is 1. The van der Waals surface area contributed by atoms with Crippen molar-refractivity contribution in [2.24, 2.45) is 11.8 Å². The van der Waals surface area contributed by atoms with Gasteiger partial charge in [-0.2, -0.15) is 0 Å². The van der Waals surface area contributed by atoms with Crippen LogP contribution in [0, 0.1) is 11.8 Å². The van der Waals surface area contributed by atoms with Crippen LogP contribution in [0.5, 0.6) is 0 Å². The molecule has 2 atom stereocenters. The van der Waals surface area contributed by atoms with Gasteiger partial charge < -0.3 is 10.6 Å². The molecule has 2 unspecified atom stereocenters. The van der Waals surface area contributed by atoms with Gasteiger partial charge in [-0.05, 0) is 24.3 Å². The Labute approximate surface area is 125 Å². The van der Waals surface area contributed by atoms with Gasteiger partial charge in [0.15, 0.2) is 0 Å². The van der Waals surface area contributed by atoms with E-state index in [1.807, 2.05) is 0 Å². The molecule has 1 heterocycles. The van der Waals surface area contributed by atoms with Crippen molar-refractivity contribution < 1.29 is 4.79 Å². The second kappa shape index (κ2) is 6.93. The van der Waals surface area contributed by atoms with Crippen molar-refractivity contribution in [3.8, 4) is 0 Å². The van der Waals surface area contributed by atoms with Gasteiger partial charge in [0, 0.05) is 19.8 Å². The summed E-state index contributed by atoms with van der Waals surface area (Å²) in [6, 6.07) is 1.65. The number of nitrogens with zero attached hydrogens (tertiary/aromatic N) is 1. The van der Waals surface area contributed by atoms with Gasteiger partial charge >= 0.3 is 0 Å². The minimum atomic E-state index is -0.0974. The van der Waals surface area contributed by atoms with E-state index >= 15 is 0 Å². The highest BCUT2D eigenvalue weighted by Gasteiger charge is 2.22. The largest absolute Gasteiger partial charge is 0.372 e. The van der Waals surface area contributed by atoms with E-state index in [0.717, 1.165) is 6.54 Å². The molecule has 5 heteroatoms. The second-order valence-electron chi connectivity index (χ2n) is 5.54. The van der Waals surface area contributed by atoms with Crippen LogP contribution in [0.4, 0.5) is 5.82 Å². The Hall–Kier alpha value is -1.29. The lowest BCUT2D eigenvalue weighted by molar-refractivity contribution is 0.0936. The summed E-state index contributed by atoms with van der Waals surface area (Å²) in [5.41, 5.74) is 0.512. The van der Waals surface area contributed by atoms with E-state index < -0.39 is 0 Å². The highest BCUT2D eigenvalue weighted by atomic mass is 35.5. The number of hydrogen-bond donors (Lipinski definition) is 2. The first-order chi connectivity index (χ1) is 9.61. The van der Waals surface area contributed by atoms with Gasteiger partial charge in [0.1, 0.15) is 5.82 Å². The maximum absolute atomic E-state index is 12.1. The van der Waals surface area contributed by atoms with E-state index in [1.165, 1.54) is 25.7 Å². The van der Waals surface area contributed by atoms with Gasteiger partial charge in [0.25, 0.3) is 5.91 Å². The number of amides is 1. The molecule has 0 aliphatic heterocycles. The van der Waals surface area contributed by atoms with Crippen LogP contribution in [0.3, 0.4) is 0 Å². The summed E-state index contributed by atoms with van der Waals surface area (Å²) in [5, 5.41) is 6.35. The highest BCUT2D eigenvalue weighted by molar-refractivity contribution is 6.33. The summed E-state index contributed by atoms with van der Waals surface area (Å²) in [4.78, 5) is 16.2. The van der Waals surface area contributed by atoms with Crippen LogP contribution < -0.4 is 10.6 Å². The van der Waals surface area contributed by atoms with Crippen molar-refractivity contribution in [2.75, 3.05) is 18.9 Å². The van der Waals surface area contributed by atoms with Crippen molar-refractivity contribution in [1.29, 1.82) is 0 Å². The Kier molecular flexibility index (Phi) is 5.24. The number of rotatable bonds is 4. The fourth-order valence-corrected chi connectivity index (χ4v) is 3.03. The van der Waals surface area contributed by atoms with E-state index in [-0.39, 0.29) is 5.91 Å². The Morgan fingerprint density at radius 3 is 2.85 bits per heavy atom. The lowest BCUT2D eigenvalue weighted by Gasteiger charge is -2.28. The highest BCUT2D eigenvalue weighted by Crippen LogP contribution is 2.29. The summed E-state index contributed by atoms with van der Waals surface area (Å²) in [7, 11) is 1.75. The zero-order valence-corrected chi connectivity index (χ0v) is 12.8. The number of pyridine rings is 1. The Balaban J connectivity index is 1.93. The first-order valence-electron chi connectivity index (χ1n) is 7.23. The van der Waals surface area contributed by atoms with Crippen molar-refractivity contribution >= 4 is 23.3 Å². The van der Waals surface area contributed by atoms with Crippen molar-refractivity contribution in [2.45, 2.75) is 32.6 Å². The summed E-state index contributed by atoms with van der Waals surface area (Å²) in [5.74, 6) is 1.77. The van der Waals surface area contributed by atoms with Crippen LogP contribution in [0.2, 0.25) is 5.02 Å². The zero-order chi connectivity index (χ0) is 14.5. The maximum atomic E-state index is 12.1. The van der Waals surface area contributed by atoms with Crippen LogP contribution in [0.1, 0.15) is 43.0 Å². The summed E-state index contributed by atoms with van der Waals surface area (Å²) >= 11 is 6.04. The molecule has 0 bridgehead atoms. The van der Waals surface area contributed by atoms with E-state index in [1.54, 1.807) is 19.3 Å². The predicted molar refractivity (Wildman–Crippen MR) is 82.2 cm³/mol. The Morgan fingerprint density at radius 2 is 2.20 bits per heavy atom. The van der Waals surface area contributed by atoms with Crippen LogP contribution in [-0.4, -0.2) is 24.5 Å². The van der Waals surface area contributed by atoms with Gasteiger partial charge in [-0.3, -0.25) is 4.79 Å². The maximum Gasteiger partial charge on any atom is 0.252 e. The lowest BCUT2D eigenvalue weighted by Crippen LogP contribution is -2.33. The fraction of sp³-hybridized carbons (Fsp3) is 0.600. The number of nitrogens with one attached hydrogen (secondary N) is 2. The van der Waals surface area contributed by atoms with Crippen LogP contribution in [-0.2, 0) is 0 Å². The van der Waals surface area contributed by atoms with E-state index in [4.69, 9.17) is 11.6 Å². The quantitative estimate of drug-likeness (QED) is 0.896. The summed E-state index contributed by atoms with van der Waals surface area (Å²) in [6.45, 7) is 3.02. The average Bonchev–Trinajstić information content (AvgIpc) is 2.46. The first kappa shape index (κ1) is 15.1. The molecule has 1 aliphatic rings. The van der Waals surface area contributed by atoms with Gasteiger partial charge in [-0.15, -0.1) is 0 Å². The van der Waals surface area contributed by atoms with Gasteiger partial charge in [-0.25, -0.2) is 4.98 Å². The molecule has 20 heavy (non-hydrogen) atoms. The smallest absolute Gasteiger partial charge is 0.252 e. The summed E-state index contributed by atoms with van der Waals surface area (Å²) in [6.07, 6.45) is 6.62. The minimum absolute atomic E-state index is 0.0974. The summed E-state index contributed by atoms with van der Waals surface area (Å²) < 4.78 is 0. The first-order valence-corrected chi connectivity index (χ1v) is 7.61. The number of anilines is 1. The monoisotopic (exact) mass is 295 g/mol. The molecule has 0 saturated heterocycles. The molecule has 0 aromatic carbocycles. The number of carbonyl (C=O) groups excluding carboxylic acids is 1. The molecule has 1 aliphatic carbocycles. The predicted octanol–water partition coefficient (Wildman–Crippen LogP) is 3.33. The number of halogens is 1. The third-order valence-corrected chi connectivity index (χ3v) is 4.44. The van der Waals surface area contributed by atoms with Crippen LogP contribution >= 0.6 is 11.6 Å². The van der Waals surface area contributed by atoms with E-state index in [9.17, 15) is 4.79 Å². The molecule has 4 nitrogen and oxygen atoms in total. The third-order valence-electron chi connectivity index (χ3n) is 4.15. The SMILES string of the molecule is CNc1ncc(C(=O)NCC2CCCCC2C)cc1Cl. The number of aromatic nitrogens is 1. The molecule has 1 aromatic rings. The van der Waals surface area contributed by atoms with Gasteiger partial charge in [-0.1, -0.05) is 37.8 Å².